The molecule has 0 atom stereocenters. The van der Waals surface area contributed by atoms with Gasteiger partial charge in [-0.15, -0.1) is 0 Å². The summed E-state index contributed by atoms with van der Waals surface area (Å²) in [7, 11) is 0. The Kier molecular flexibility index (Phi) is 6.24. The number of pyridine rings is 1. The number of urea groups is 1. The molecule has 31 heavy (non-hydrogen) atoms. The van der Waals surface area contributed by atoms with E-state index >= 15 is 0 Å². The molecule has 0 saturated carbocycles. The lowest BCUT2D eigenvalue weighted by Gasteiger charge is -2.13. The third-order valence-electron chi connectivity index (χ3n) is 4.83. The van der Waals surface area contributed by atoms with Crippen molar-refractivity contribution in [1.29, 1.82) is 0 Å². The van der Waals surface area contributed by atoms with Gasteiger partial charge in [-0.3, -0.25) is 0 Å². The van der Waals surface area contributed by atoms with Crippen molar-refractivity contribution in [1.82, 2.24) is 4.98 Å². The lowest BCUT2D eigenvalue weighted by Crippen LogP contribution is -2.19. The number of nitrogens with zero attached hydrogens (tertiary/aromatic N) is 1. The van der Waals surface area contributed by atoms with Crippen LogP contribution in [0.15, 0.2) is 97.2 Å². The third-order valence-corrected chi connectivity index (χ3v) is 4.83. The van der Waals surface area contributed by atoms with Crippen molar-refractivity contribution in [3.8, 4) is 22.8 Å². The molecule has 1 aromatic heterocycles. The van der Waals surface area contributed by atoms with Gasteiger partial charge in [0.25, 0.3) is 0 Å². The fourth-order valence-corrected chi connectivity index (χ4v) is 3.23. The highest BCUT2D eigenvalue weighted by Crippen LogP contribution is 2.29. The second-order valence-corrected chi connectivity index (χ2v) is 6.94. The van der Waals surface area contributed by atoms with E-state index in [4.69, 9.17) is 4.74 Å². The van der Waals surface area contributed by atoms with Crippen molar-refractivity contribution >= 4 is 17.4 Å². The van der Waals surface area contributed by atoms with Gasteiger partial charge in [0.05, 0.1) is 0 Å². The average molecular weight is 409 g/mol. The van der Waals surface area contributed by atoms with E-state index in [-0.39, 0.29) is 6.03 Å². The topological polar surface area (TPSA) is 63.2 Å². The molecule has 4 aromatic rings. The maximum Gasteiger partial charge on any atom is 0.323 e. The van der Waals surface area contributed by atoms with Crippen molar-refractivity contribution in [3.63, 3.8) is 0 Å². The molecule has 2 N–H and O–H groups in total. The quantitative estimate of drug-likeness (QED) is 0.370. The molecular formula is C26H23N3O2. The second-order valence-electron chi connectivity index (χ2n) is 6.94. The standard InChI is InChI=1S/C26H23N3O2/c1-2-19-9-6-7-13-24(19)31-25-23(12-8-18-27-25)29-26(30)28-22-16-14-21(15-17-22)20-10-4-3-5-11-20/h3-18H,2H2,1H3,(H2,28,29,30). The summed E-state index contributed by atoms with van der Waals surface area (Å²) in [4.78, 5) is 16.8. The van der Waals surface area contributed by atoms with E-state index in [1.54, 1.807) is 18.3 Å². The molecule has 0 aliphatic rings. The first-order valence-electron chi connectivity index (χ1n) is 10.2. The normalized spacial score (nSPS) is 10.4. The minimum absolute atomic E-state index is 0.345. The summed E-state index contributed by atoms with van der Waals surface area (Å²) in [5.41, 5.74) is 4.47. The highest BCUT2D eigenvalue weighted by atomic mass is 16.5. The molecule has 0 spiro atoms. The Bertz CT molecular complexity index is 1160. The van der Waals surface area contributed by atoms with Crippen LogP contribution in [0.5, 0.6) is 11.6 Å². The van der Waals surface area contributed by atoms with Gasteiger partial charge in [-0.05, 0) is 53.4 Å². The zero-order chi connectivity index (χ0) is 21.5. The molecular weight excluding hydrogens is 386 g/mol. The molecule has 0 fully saturated rings. The first-order valence-corrected chi connectivity index (χ1v) is 10.2. The monoisotopic (exact) mass is 409 g/mol. The summed E-state index contributed by atoms with van der Waals surface area (Å²) in [5, 5.41) is 5.67. The number of carbonyl (C=O) groups is 1. The Morgan fingerprint density at radius 2 is 1.52 bits per heavy atom. The number of benzene rings is 3. The predicted octanol–water partition coefficient (Wildman–Crippen LogP) is 6.75. The summed E-state index contributed by atoms with van der Waals surface area (Å²) in [5.74, 6) is 1.07. The van der Waals surface area contributed by atoms with E-state index in [0.717, 1.165) is 28.9 Å². The predicted molar refractivity (Wildman–Crippen MR) is 125 cm³/mol. The van der Waals surface area contributed by atoms with Crippen LogP contribution in [-0.4, -0.2) is 11.0 Å². The van der Waals surface area contributed by atoms with Crippen LogP contribution >= 0.6 is 0 Å². The molecule has 1 heterocycles. The molecule has 0 saturated heterocycles. The number of para-hydroxylation sites is 1. The molecule has 3 aromatic carbocycles. The molecule has 0 bridgehead atoms. The lowest BCUT2D eigenvalue weighted by molar-refractivity contribution is 0.262. The van der Waals surface area contributed by atoms with E-state index in [1.165, 1.54) is 0 Å². The molecule has 5 heteroatoms. The van der Waals surface area contributed by atoms with Crippen LogP contribution in [0.4, 0.5) is 16.2 Å². The number of hydrogen-bond donors (Lipinski definition) is 2. The van der Waals surface area contributed by atoms with Gasteiger partial charge >= 0.3 is 6.03 Å². The summed E-state index contributed by atoms with van der Waals surface area (Å²) >= 11 is 0. The number of nitrogens with one attached hydrogen (secondary N) is 2. The second kappa shape index (κ2) is 9.59. The van der Waals surface area contributed by atoms with Crippen molar-refractivity contribution in [2.75, 3.05) is 10.6 Å². The largest absolute Gasteiger partial charge is 0.437 e. The van der Waals surface area contributed by atoms with Crippen LogP contribution in [0.25, 0.3) is 11.1 Å². The van der Waals surface area contributed by atoms with Crippen molar-refractivity contribution in [2.24, 2.45) is 0 Å². The number of hydrogen-bond acceptors (Lipinski definition) is 3. The Balaban J connectivity index is 1.44. The molecule has 0 aliphatic carbocycles. The van der Waals surface area contributed by atoms with Crippen LogP contribution in [-0.2, 0) is 6.42 Å². The first-order chi connectivity index (χ1) is 15.2. The Labute approximate surface area is 181 Å². The Morgan fingerprint density at radius 3 is 2.29 bits per heavy atom. The molecule has 0 radical (unpaired) electrons. The van der Waals surface area contributed by atoms with Gasteiger partial charge < -0.3 is 15.4 Å². The third kappa shape index (κ3) is 5.08. The van der Waals surface area contributed by atoms with Gasteiger partial charge in [-0.25, -0.2) is 9.78 Å². The maximum absolute atomic E-state index is 12.6. The minimum atomic E-state index is -0.367. The van der Waals surface area contributed by atoms with E-state index in [2.05, 4.69) is 34.7 Å². The van der Waals surface area contributed by atoms with E-state index < -0.39 is 0 Å². The number of aryl methyl sites for hydroxylation is 1. The number of ether oxygens (including phenoxy) is 1. The number of carbonyl (C=O) groups excluding carboxylic acids is 1. The van der Waals surface area contributed by atoms with Crippen LogP contribution in [0.2, 0.25) is 0 Å². The molecule has 4 rings (SSSR count). The number of anilines is 2. The van der Waals surface area contributed by atoms with Crippen molar-refractivity contribution in [3.05, 3.63) is 103 Å². The smallest absolute Gasteiger partial charge is 0.323 e. The summed E-state index contributed by atoms with van der Waals surface area (Å²) < 4.78 is 5.99. The van der Waals surface area contributed by atoms with Crippen molar-refractivity contribution < 1.29 is 9.53 Å². The van der Waals surface area contributed by atoms with Gasteiger partial charge in [-0.1, -0.05) is 67.6 Å². The van der Waals surface area contributed by atoms with Crippen LogP contribution in [0.3, 0.4) is 0 Å². The van der Waals surface area contributed by atoms with Gasteiger partial charge in [-0.2, -0.15) is 0 Å². The fraction of sp³-hybridized carbons (Fsp3) is 0.0769. The molecule has 154 valence electrons. The zero-order valence-electron chi connectivity index (χ0n) is 17.2. The number of rotatable bonds is 6. The van der Waals surface area contributed by atoms with E-state index in [1.807, 2.05) is 66.7 Å². The summed E-state index contributed by atoms with van der Waals surface area (Å²) in [6, 6.07) is 28.7. The minimum Gasteiger partial charge on any atom is -0.437 e. The first kappa shape index (κ1) is 20.2. The maximum atomic E-state index is 12.6. The van der Waals surface area contributed by atoms with Gasteiger partial charge in [0, 0.05) is 11.9 Å². The molecule has 5 nitrogen and oxygen atoms in total. The van der Waals surface area contributed by atoms with Crippen LogP contribution < -0.4 is 15.4 Å². The molecule has 0 aliphatic heterocycles. The van der Waals surface area contributed by atoms with Crippen LogP contribution in [0, 0.1) is 0 Å². The van der Waals surface area contributed by atoms with Gasteiger partial charge in [0.15, 0.2) is 0 Å². The number of aromatic nitrogens is 1. The SMILES string of the molecule is CCc1ccccc1Oc1ncccc1NC(=O)Nc1ccc(-c2ccccc2)cc1. The molecule has 0 unspecified atom stereocenters. The summed E-state index contributed by atoms with van der Waals surface area (Å²) in [6.45, 7) is 2.07. The molecule has 2 amide bonds. The van der Waals surface area contributed by atoms with Gasteiger partial charge in [0.2, 0.25) is 5.88 Å². The Hall–Kier alpha value is -4.12. The van der Waals surface area contributed by atoms with Gasteiger partial charge in [0.1, 0.15) is 11.4 Å². The number of amides is 2. The fourth-order valence-electron chi connectivity index (χ4n) is 3.23. The van der Waals surface area contributed by atoms with Crippen molar-refractivity contribution in [2.45, 2.75) is 13.3 Å². The highest BCUT2D eigenvalue weighted by Gasteiger charge is 2.11. The Morgan fingerprint density at radius 1 is 0.806 bits per heavy atom. The van der Waals surface area contributed by atoms with E-state index in [9.17, 15) is 4.79 Å². The van der Waals surface area contributed by atoms with E-state index in [0.29, 0.717) is 17.3 Å². The summed E-state index contributed by atoms with van der Waals surface area (Å²) in [6.07, 6.45) is 2.47. The lowest BCUT2D eigenvalue weighted by atomic mass is 10.1. The van der Waals surface area contributed by atoms with Crippen LogP contribution in [0.1, 0.15) is 12.5 Å². The highest BCUT2D eigenvalue weighted by molar-refractivity contribution is 6.00. The zero-order valence-corrected chi connectivity index (χ0v) is 17.2. The average Bonchev–Trinajstić information content (AvgIpc) is 2.82.